The van der Waals surface area contributed by atoms with Crippen molar-refractivity contribution in [1.82, 2.24) is 10.2 Å². The number of ether oxygens (including phenoxy) is 1. The minimum Gasteiger partial charge on any atom is -0.491 e. The molecule has 1 aromatic carbocycles. The lowest BCUT2D eigenvalue weighted by atomic mass is 10.2. The molecule has 2 aliphatic rings. The Balaban J connectivity index is 1.51. The summed E-state index contributed by atoms with van der Waals surface area (Å²) in [7, 11) is 0. The first kappa shape index (κ1) is 15.0. The number of hydrogen-bond acceptors (Lipinski definition) is 3. The van der Waals surface area contributed by atoms with E-state index in [4.69, 9.17) is 4.74 Å². The molecule has 1 N–H and O–H groups in total. The first-order valence-corrected chi connectivity index (χ1v) is 8.19. The zero-order chi connectivity index (χ0) is 15.5. The molecule has 1 saturated carbocycles. The zero-order valence-electron chi connectivity index (χ0n) is 13.4. The van der Waals surface area contributed by atoms with E-state index in [2.05, 4.69) is 22.3 Å². The summed E-state index contributed by atoms with van der Waals surface area (Å²) in [5.41, 5.74) is 1.19. The quantitative estimate of drug-likeness (QED) is 0.929. The van der Waals surface area contributed by atoms with E-state index in [1.54, 1.807) is 0 Å². The van der Waals surface area contributed by atoms with Gasteiger partial charge in [0.05, 0.1) is 6.10 Å². The summed E-state index contributed by atoms with van der Waals surface area (Å²) in [5.74, 6) is 0.904. The van der Waals surface area contributed by atoms with Crippen molar-refractivity contribution >= 4 is 11.7 Å². The van der Waals surface area contributed by atoms with Crippen molar-refractivity contribution in [2.45, 2.75) is 38.8 Å². The zero-order valence-corrected chi connectivity index (χ0v) is 13.4. The Labute approximate surface area is 132 Å². The van der Waals surface area contributed by atoms with Gasteiger partial charge in [-0.2, -0.15) is 0 Å². The van der Waals surface area contributed by atoms with Crippen LogP contribution in [-0.4, -0.2) is 49.3 Å². The molecule has 3 rings (SSSR count). The number of hydrogen-bond donors (Lipinski definition) is 1. The number of carbonyl (C=O) groups excluding carboxylic acids is 1. The van der Waals surface area contributed by atoms with Crippen LogP contribution in [0.2, 0.25) is 0 Å². The summed E-state index contributed by atoms with van der Waals surface area (Å²) < 4.78 is 5.67. The van der Waals surface area contributed by atoms with Crippen LogP contribution in [0.5, 0.6) is 5.75 Å². The van der Waals surface area contributed by atoms with Crippen LogP contribution in [0.3, 0.4) is 0 Å². The number of benzene rings is 1. The van der Waals surface area contributed by atoms with Gasteiger partial charge in [0.25, 0.3) is 0 Å². The molecule has 1 aromatic rings. The third-order valence-corrected chi connectivity index (χ3v) is 4.05. The summed E-state index contributed by atoms with van der Waals surface area (Å²) in [6.45, 7) is 7.37. The van der Waals surface area contributed by atoms with Crippen molar-refractivity contribution < 1.29 is 9.53 Å². The van der Waals surface area contributed by atoms with E-state index in [1.165, 1.54) is 5.69 Å². The average molecular weight is 303 g/mol. The maximum Gasteiger partial charge on any atom is 0.317 e. The Kier molecular flexibility index (Phi) is 4.41. The fraction of sp³-hybridized carbons (Fsp3) is 0.588. The normalized spacial score (nSPS) is 18.5. The molecule has 5 nitrogen and oxygen atoms in total. The second-order valence-corrected chi connectivity index (χ2v) is 6.36. The molecule has 0 unspecified atom stereocenters. The molecule has 5 heteroatoms. The fourth-order valence-corrected chi connectivity index (χ4v) is 2.67. The van der Waals surface area contributed by atoms with Gasteiger partial charge < -0.3 is 19.9 Å². The van der Waals surface area contributed by atoms with Crippen LogP contribution in [0.25, 0.3) is 0 Å². The number of nitrogens with zero attached hydrogens (tertiary/aromatic N) is 2. The highest BCUT2D eigenvalue weighted by Crippen LogP contribution is 2.22. The van der Waals surface area contributed by atoms with Gasteiger partial charge in [-0.15, -0.1) is 0 Å². The van der Waals surface area contributed by atoms with Gasteiger partial charge in [0, 0.05) is 37.9 Å². The number of urea groups is 1. The van der Waals surface area contributed by atoms with E-state index < -0.39 is 0 Å². The number of anilines is 1. The van der Waals surface area contributed by atoms with E-state index >= 15 is 0 Å². The molecule has 0 spiro atoms. The summed E-state index contributed by atoms with van der Waals surface area (Å²) >= 11 is 0. The molecule has 2 fully saturated rings. The first-order chi connectivity index (χ1) is 10.6. The molecule has 22 heavy (non-hydrogen) atoms. The molecular formula is C17H25N3O2. The topological polar surface area (TPSA) is 44.8 Å². The predicted molar refractivity (Wildman–Crippen MR) is 87.5 cm³/mol. The Morgan fingerprint density at radius 1 is 1.14 bits per heavy atom. The summed E-state index contributed by atoms with van der Waals surface area (Å²) in [5, 5.41) is 3.06. The highest BCUT2D eigenvalue weighted by molar-refractivity contribution is 5.75. The van der Waals surface area contributed by atoms with Gasteiger partial charge in [-0.25, -0.2) is 4.79 Å². The highest BCUT2D eigenvalue weighted by atomic mass is 16.5. The van der Waals surface area contributed by atoms with Crippen LogP contribution in [0.15, 0.2) is 24.3 Å². The van der Waals surface area contributed by atoms with E-state index in [9.17, 15) is 4.79 Å². The van der Waals surface area contributed by atoms with Gasteiger partial charge in [-0.1, -0.05) is 0 Å². The first-order valence-electron chi connectivity index (χ1n) is 8.19. The number of rotatable bonds is 4. The smallest absolute Gasteiger partial charge is 0.317 e. The van der Waals surface area contributed by atoms with Crippen LogP contribution >= 0.6 is 0 Å². The minimum atomic E-state index is 0.0998. The van der Waals surface area contributed by atoms with Crippen LogP contribution < -0.4 is 15.0 Å². The van der Waals surface area contributed by atoms with Crippen molar-refractivity contribution in [3.05, 3.63) is 24.3 Å². The Morgan fingerprint density at radius 3 is 2.32 bits per heavy atom. The largest absolute Gasteiger partial charge is 0.491 e. The SMILES string of the molecule is CC(C)Oc1ccc(N2CCN(C(=O)NC3CC3)CC2)cc1. The van der Waals surface area contributed by atoms with Crippen LogP contribution in [0.1, 0.15) is 26.7 Å². The number of piperazine rings is 1. The second-order valence-electron chi connectivity index (χ2n) is 6.36. The molecule has 1 saturated heterocycles. The average Bonchev–Trinajstić information content (AvgIpc) is 3.31. The van der Waals surface area contributed by atoms with Gasteiger partial charge in [-0.05, 0) is 51.0 Å². The van der Waals surface area contributed by atoms with E-state index in [0.29, 0.717) is 6.04 Å². The lowest BCUT2D eigenvalue weighted by molar-refractivity contribution is 0.194. The number of nitrogens with one attached hydrogen (secondary N) is 1. The van der Waals surface area contributed by atoms with Crippen molar-refractivity contribution in [1.29, 1.82) is 0 Å². The van der Waals surface area contributed by atoms with Crippen LogP contribution in [0, 0.1) is 0 Å². The molecule has 0 radical (unpaired) electrons. The third kappa shape index (κ3) is 3.84. The van der Waals surface area contributed by atoms with Gasteiger partial charge >= 0.3 is 6.03 Å². The summed E-state index contributed by atoms with van der Waals surface area (Å²) in [4.78, 5) is 16.3. The second kappa shape index (κ2) is 6.46. The Bertz CT molecular complexity index is 503. The van der Waals surface area contributed by atoms with Gasteiger partial charge in [0.1, 0.15) is 5.75 Å². The molecule has 1 heterocycles. The van der Waals surface area contributed by atoms with Crippen LogP contribution in [-0.2, 0) is 0 Å². The highest BCUT2D eigenvalue weighted by Gasteiger charge is 2.27. The molecule has 0 bridgehead atoms. The van der Waals surface area contributed by atoms with E-state index in [0.717, 1.165) is 44.8 Å². The fourth-order valence-electron chi connectivity index (χ4n) is 2.67. The van der Waals surface area contributed by atoms with E-state index in [-0.39, 0.29) is 12.1 Å². The van der Waals surface area contributed by atoms with Crippen molar-refractivity contribution in [3.8, 4) is 5.75 Å². The maximum absolute atomic E-state index is 12.0. The summed E-state index contributed by atoms with van der Waals surface area (Å²) in [6, 6.07) is 8.75. The number of amides is 2. The molecule has 1 aliphatic carbocycles. The van der Waals surface area contributed by atoms with Gasteiger partial charge in [-0.3, -0.25) is 0 Å². The third-order valence-electron chi connectivity index (χ3n) is 4.05. The molecule has 2 amide bonds. The monoisotopic (exact) mass is 303 g/mol. The maximum atomic E-state index is 12.0. The van der Waals surface area contributed by atoms with Crippen LogP contribution in [0.4, 0.5) is 10.5 Å². The summed E-state index contributed by atoms with van der Waals surface area (Å²) in [6.07, 6.45) is 2.46. The van der Waals surface area contributed by atoms with Gasteiger partial charge in [0.2, 0.25) is 0 Å². The number of carbonyl (C=O) groups is 1. The Morgan fingerprint density at radius 2 is 1.77 bits per heavy atom. The van der Waals surface area contributed by atoms with Crippen molar-refractivity contribution in [2.75, 3.05) is 31.1 Å². The predicted octanol–water partition coefficient (Wildman–Crippen LogP) is 2.47. The van der Waals surface area contributed by atoms with Crippen molar-refractivity contribution in [3.63, 3.8) is 0 Å². The Hall–Kier alpha value is -1.91. The standard InChI is InChI=1S/C17H25N3O2/c1-13(2)22-16-7-5-15(6-8-16)19-9-11-20(12-10-19)17(21)18-14-3-4-14/h5-8,13-14H,3-4,9-12H2,1-2H3,(H,18,21). The molecule has 1 aliphatic heterocycles. The lowest BCUT2D eigenvalue weighted by Gasteiger charge is -2.36. The van der Waals surface area contributed by atoms with E-state index in [1.807, 2.05) is 30.9 Å². The minimum absolute atomic E-state index is 0.0998. The molecule has 120 valence electrons. The van der Waals surface area contributed by atoms with Crippen molar-refractivity contribution in [2.24, 2.45) is 0 Å². The molecular weight excluding hydrogens is 278 g/mol. The molecule has 0 aromatic heterocycles. The molecule has 0 atom stereocenters. The lowest BCUT2D eigenvalue weighted by Crippen LogP contribution is -2.52. The van der Waals surface area contributed by atoms with Gasteiger partial charge in [0.15, 0.2) is 0 Å².